The number of aliphatic hydroxyl groups excluding tert-OH is 1. The molecule has 0 radical (unpaired) electrons. The summed E-state index contributed by atoms with van der Waals surface area (Å²) in [7, 11) is 0. The maximum absolute atomic E-state index is 12.7. The van der Waals surface area contributed by atoms with Gasteiger partial charge in [-0.3, -0.25) is 14.3 Å². The van der Waals surface area contributed by atoms with E-state index in [1.807, 2.05) is 16.4 Å². The van der Waals surface area contributed by atoms with E-state index in [4.69, 9.17) is 10.8 Å². The molecule has 0 atom stereocenters. The van der Waals surface area contributed by atoms with Gasteiger partial charge in [0.2, 0.25) is 5.95 Å². The standard InChI is InChI=1S/C16H24N6O2/c1-2-22-14-13(19-16(22)17)10-12(11-18-14)15(24)21-7-5-20(6-8-21)4-3-9-23/h10-11,23H,2-9H2,1H3,(H2,17,19). The van der Waals surface area contributed by atoms with Gasteiger partial charge in [0.25, 0.3) is 5.91 Å². The van der Waals surface area contributed by atoms with E-state index in [0.29, 0.717) is 42.3 Å². The number of nitrogen functional groups attached to an aromatic ring is 1. The van der Waals surface area contributed by atoms with Crippen LogP contribution >= 0.6 is 0 Å². The Morgan fingerprint density at radius 2 is 2.08 bits per heavy atom. The third-order valence-electron chi connectivity index (χ3n) is 4.47. The zero-order valence-electron chi connectivity index (χ0n) is 14.0. The van der Waals surface area contributed by atoms with Crippen LogP contribution in [0.15, 0.2) is 12.3 Å². The van der Waals surface area contributed by atoms with Gasteiger partial charge in [-0.2, -0.15) is 0 Å². The molecule has 0 aliphatic carbocycles. The molecule has 130 valence electrons. The van der Waals surface area contributed by atoms with Crippen molar-refractivity contribution in [3.8, 4) is 0 Å². The van der Waals surface area contributed by atoms with Crippen molar-refractivity contribution in [2.75, 3.05) is 45.1 Å². The monoisotopic (exact) mass is 332 g/mol. The molecule has 3 rings (SSSR count). The fourth-order valence-electron chi connectivity index (χ4n) is 3.11. The van der Waals surface area contributed by atoms with Gasteiger partial charge >= 0.3 is 0 Å². The Kier molecular flexibility index (Phi) is 4.96. The van der Waals surface area contributed by atoms with Gasteiger partial charge in [0.1, 0.15) is 5.52 Å². The minimum absolute atomic E-state index is 0.0178. The van der Waals surface area contributed by atoms with Crippen molar-refractivity contribution in [2.45, 2.75) is 19.9 Å². The number of rotatable bonds is 5. The third-order valence-corrected chi connectivity index (χ3v) is 4.47. The number of aryl methyl sites for hydroxylation is 1. The molecule has 8 heteroatoms. The van der Waals surface area contributed by atoms with Crippen LogP contribution in [0.5, 0.6) is 0 Å². The Labute approximate surface area is 140 Å². The molecule has 2 aromatic rings. The Hall–Kier alpha value is -2.19. The molecule has 3 heterocycles. The summed E-state index contributed by atoms with van der Waals surface area (Å²) in [5.41, 5.74) is 7.79. The molecule has 2 aromatic heterocycles. The number of nitrogens with two attached hydrogens (primary N) is 1. The maximum atomic E-state index is 12.7. The van der Waals surface area contributed by atoms with Crippen molar-refractivity contribution in [3.63, 3.8) is 0 Å². The molecule has 0 saturated carbocycles. The fourth-order valence-corrected chi connectivity index (χ4v) is 3.11. The lowest BCUT2D eigenvalue weighted by molar-refractivity contribution is 0.0629. The number of carbonyl (C=O) groups excluding carboxylic acids is 1. The van der Waals surface area contributed by atoms with E-state index in [1.165, 1.54) is 0 Å². The molecule has 24 heavy (non-hydrogen) atoms. The third kappa shape index (κ3) is 3.20. The number of amides is 1. The number of pyridine rings is 1. The van der Waals surface area contributed by atoms with Gasteiger partial charge in [-0.05, 0) is 19.4 Å². The minimum atomic E-state index is -0.0178. The van der Waals surface area contributed by atoms with Crippen molar-refractivity contribution >= 4 is 23.0 Å². The van der Waals surface area contributed by atoms with Crippen molar-refractivity contribution in [1.82, 2.24) is 24.3 Å². The number of anilines is 1. The molecule has 1 aliphatic rings. The van der Waals surface area contributed by atoms with Crippen LogP contribution in [0.2, 0.25) is 0 Å². The second kappa shape index (κ2) is 7.14. The van der Waals surface area contributed by atoms with Gasteiger partial charge in [-0.1, -0.05) is 0 Å². The lowest BCUT2D eigenvalue weighted by Gasteiger charge is -2.34. The number of carbonyl (C=O) groups is 1. The van der Waals surface area contributed by atoms with Crippen LogP contribution in [0.3, 0.4) is 0 Å². The normalized spacial score (nSPS) is 16.0. The number of imidazole rings is 1. The zero-order valence-corrected chi connectivity index (χ0v) is 14.0. The van der Waals surface area contributed by atoms with Crippen LogP contribution in [0, 0.1) is 0 Å². The summed E-state index contributed by atoms with van der Waals surface area (Å²) in [5.74, 6) is 0.401. The number of hydrogen-bond acceptors (Lipinski definition) is 6. The van der Waals surface area contributed by atoms with Crippen LogP contribution in [-0.2, 0) is 6.54 Å². The summed E-state index contributed by atoms with van der Waals surface area (Å²) >= 11 is 0. The van der Waals surface area contributed by atoms with Crippen molar-refractivity contribution in [3.05, 3.63) is 17.8 Å². The van der Waals surface area contributed by atoms with E-state index < -0.39 is 0 Å². The molecule has 1 amide bonds. The largest absolute Gasteiger partial charge is 0.396 e. The van der Waals surface area contributed by atoms with Gasteiger partial charge in [0, 0.05) is 52.1 Å². The van der Waals surface area contributed by atoms with Gasteiger partial charge in [0.15, 0.2) is 5.65 Å². The maximum Gasteiger partial charge on any atom is 0.255 e. The second-order valence-corrected chi connectivity index (χ2v) is 5.99. The average Bonchev–Trinajstić information content (AvgIpc) is 2.93. The molecular formula is C16H24N6O2. The highest BCUT2D eigenvalue weighted by atomic mass is 16.3. The molecule has 1 aliphatic heterocycles. The molecule has 0 aromatic carbocycles. The zero-order chi connectivity index (χ0) is 17.1. The molecule has 1 saturated heterocycles. The van der Waals surface area contributed by atoms with Gasteiger partial charge in [-0.25, -0.2) is 9.97 Å². The van der Waals surface area contributed by atoms with Crippen LogP contribution in [0.1, 0.15) is 23.7 Å². The predicted octanol–water partition coefficient (Wildman–Crippen LogP) is 0.174. The first-order valence-electron chi connectivity index (χ1n) is 8.38. The number of aliphatic hydroxyl groups is 1. The van der Waals surface area contributed by atoms with E-state index in [2.05, 4.69) is 14.9 Å². The lowest BCUT2D eigenvalue weighted by atomic mass is 10.2. The van der Waals surface area contributed by atoms with E-state index in [0.717, 1.165) is 26.1 Å². The Morgan fingerprint density at radius 1 is 1.33 bits per heavy atom. The van der Waals surface area contributed by atoms with Crippen molar-refractivity contribution < 1.29 is 9.90 Å². The van der Waals surface area contributed by atoms with Gasteiger partial charge in [0.05, 0.1) is 5.56 Å². The molecule has 3 N–H and O–H groups in total. The molecule has 0 spiro atoms. The topological polar surface area (TPSA) is 101 Å². The number of nitrogens with zero attached hydrogens (tertiary/aromatic N) is 5. The summed E-state index contributed by atoms with van der Waals surface area (Å²) in [6.07, 6.45) is 2.38. The quantitative estimate of drug-likeness (QED) is 0.810. The number of aromatic nitrogens is 3. The van der Waals surface area contributed by atoms with Crippen LogP contribution in [0.4, 0.5) is 5.95 Å². The number of fused-ring (bicyclic) bond motifs is 1. The first-order chi connectivity index (χ1) is 11.6. The Bertz CT molecular complexity index is 721. The SMILES string of the molecule is CCn1c(N)nc2cc(C(=O)N3CCN(CCCO)CC3)cnc21. The van der Waals surface area contributed by atoms with E-state index in [-0.39, 0.29) is 12.5 Å². The van der Waals surface area contributed by atoms with Crippen LogP contribution in [0.25, 0.3) is 11.2 Å². The van der Waals surface area contributed by atoms with Gasteiger partial charge < -0.3 is 15.7 Å². The average molecular weight is 332 g/mol. The second-order valence-electron chi connectivity index (χ2n) is 5.99. The summed E-state index contributed by atoms with van der Waals surface area (Å²) in [4.78, 5) is 25.5. The van der Waals surface area contributed by atoms with Crippen LogP contribution in [-0.4, -0.2) is 74.7 Å². The van der Waals surface area contributed by atoms with E-state index in [1.54, 1.807) is 12.3 Å². The smallest absolute Gasteiger partial charge is 0.255 e. The summed E-state index contributed by atoms with van der Waals surface area (Å²) < 4.78 is 1.82. The van der Waals surface area contributed by atoms with Crippen LogP contribution < -0.4 is 5.73 Å². The highest BCUT2D eigenvalue weighted by molar-refractivity contribution is 5.96. The predicted molar refractivity (Wildman–Crippen MR) is 91.7 cm³/mol. The number of hydrogen-bond donors (Lipinski definition) is 2. The summed E-state index contributed by atoms with van der Waals surface area (Å²) in [6, 6.07) is 1.77. The van der Waals surface area contributed by atoms with Crippen molar-refractivity contribution in [1.29, 1.82) is 0 Å². The fraction of sp³-hybridized carbons (Fsp3) is 0.562. The molecular weight excluding hydrogens is 308 g/mol. The highest BCUT2D eigenvalue weighted by Gasteiger charge is 2.23. The van der Waals surface area contributed by atoms with E-state index >= 15 is 0 Å². The van der Waals surface area contributed by atoms with Gasteiger partial charge in [-0.15, -0.1) is 0 Å². The first kappa shape index (κ1) is 16.7. The Balaban J connectivity index is 1.70. The summed E-state index contributed by atoms with van der Waals surface area (Å²) in [6.45, 7) is 6.80. The minimum Gasteiger partial charge on any atom is -0.396 e. The van der Waals surface area contributed by atoms with E-state index in [9.17, 15) is 4.79 Å². The molecule has 8 nitrogen and oxygen atoms in total. The lowest BCUT2D eigenvalue weighted by Crippen LogP contribution is -2.48. The Morgan fingerprint density at radius 3 is 2.75 bits per heavy atom. The molecule has 0 bridgehead atoms. The molecule has 1 fully saturated rings. The first-order valence-corrected chi connectivity index (χ1v) is 8.38. The van der Waals surface area contributed by atoms with Crippen molar-refractivity contribution in [2.24, 2.45) is 0 Å². The molecule has 0 unspecified atom stereocenters. The summed E-state index contributed by atoms with van der Waals surface area (Å²) in [5, 5.41) is 8.90. The highest BCUT2D eigenvalue weighted by Crippen LogP contribution is 2.18. The number of piperazine rings is 1.